The van der Waals surface area contributed by atoms with E-state index in [1.807, 2.05) is 0 Å². The Morgan fingerprint density at radius 1 is 1.06 bits per heavy atom. The van der Waals surface area contributed by atoms with Gasteiger partial charge in [-0.05, 0) is 55.8 Å². The third-order valence-corrected chi connectivity index (χ3v) is 5.26. The fraction of sp³-hybridized carbons (Fsp3) is 0.208. The number of carbonyl (C=O) groups is 1. The Bertz CT molecular complexity index is 1340. The Kier molecular flexibility index (Phi) is 6.59. The topological polar surface area (TPSA) is 74.0 Å². The van der Waals surface area contributed by atoms with E-state index < -0.39 is 17.6 Å². The average molecular weight is 487 g/mol. The van der Waals surface area contributed by atoms with Crippen molar-refractivity contribution in [2.75, 3.05) is 5.32 Å². The van der Waals surface area contributed by atoms with Gasteiger partial charge in [0.2, 0.25) is 0 Å². The molecule has 0 atom stereocenters. The van der Waals surface area contributed by atoms with Crippen LogP contribution in [-0.2, 0) is 19.5 Å². The number of benzene rings is 2. The Morgan fingerprint density at radius 3 is 2.51 bits per heavy atom. The summed E-state index contributed by atoms with van der Waals surface area (Å²) >= 11 is 0. The molecule has 0 fully saturated rings. The summed E-state index contributed by atoms with van der Waals surface area (Å²) in [6.45, 7) is 3.79. The maximum atomic E-state index is 13.1. The molecule has 4 aromatic rings. The van der Waals surface area contributed by atoms with Crippen LogP contribution in [0.5, 0.6) is 5.75 Å². The molecule has 182 valence electrons. The van der Waals surface area contributed by atoms with E-state index in [0.29, 0.717) is 23.6 Å². The number of aromatic nitrogens is 4. The summed E-state index contributed by atoms with van der Waals surface area (Å²) in [5, 5.41) is 11.4. The summed E-state index contributed by atoms with van der Waals surface area (Å²) in [7, 11) is 0. The van der Waals surface area contributed by atoms with Gasteiger partial charge in [-0.25, -0.2) is 9.07 Å². The average Bonchev–Trinajstić information content (AvgIpc) is 3.39. The molecular formula is C24H21F4N5O2. The van der Waals surface area contributed by atoms with Gasteiger partial charge in [0.05, 0.1) is 29.2 Å². The van der Waals surface area contributed by atoms with Crippen molar-refractivity contribution in [3.8, 4) is 5.75 Å². The van der Waals surface area contributed by atoms with Crippen LogP contribution in [0.1, 0.15) is 33.0 Å². The van der Waals surface area contributed by atoms with Crippen molar-refractivity contribution in [1.82, 2.24) is 19.6 Å². The zero-order chi connectivity index (χ0) is 25.2. The summed E-state index contributed by atoms with van der Waals surface area (Å²) in [6, 6.07) is 12.0. The molecule has 0 spiro atoms. The second-order valence-corrected chi connectivity index (χ2v) is 7.82. The molecule has 1 N–H and O–H groups in total. The minimum absolute atomic E-state index is 0.0288. The van der Waals surface area contributed by atoms with Crippen molar-refractivity contribution in [1.29, 1.82) is 0 Å². The predicted molar refractivity (Wildman–Crippen MR) is 119 cm³/mol. The summed E-state index contributed by atoms with van der Waals surface area (Å²) < 4.78 is 60.1. The largest absolute Gasteiger partial charge is 0.471 e. The molecule has 2 heterocycles. The molecule has 0 radical (unpaired) electrons. The first-order valence-electron chi connectivity index (χ1n) is 10.5. The van der Waals surface area contributed by atoms with Gasteiger partial charge in [-0.1, -0.05) is 18.2 Å². The van der Waals surface area contributed by atoms with Gasteiger partial charge in [0, 0.05) is 6.20 Å². The second-order valence-electron chi connectivity index (χ2n) is 7.82. The zero-order valence-corrected chi connectivity index (χ0v) is 18.8. The van der Waals surface area contributed by atoms with E-state index in [-0.39, 0.29) is 24.0 Å². The van der Waals surface area contributed by atoms with Crippen LogP contribution in [0.2, 0.25) is 0 Å². The van der Waals surface area contributed by atoms with E-state index in [1.54, 1.807) is 30.7 Å². The molecule has 11 heteroatoms. The van der Waals surface area contributed by atoms with E-state index in [2.05, 4.69) is 15.5 Å². The molecule has 35 heavy (non-hydrogen) atoms. The fourth-order valence-corrected chi connectivity index (χ4v) is 3.43. The first-order chi connectivity index (χ1) is 16.6. The van der Waals surface area contributed by atoms with Crippen LogP contribution in [0.25, 0.3) is 0 Å². The van der Waals surface area contributed by atoms with E-state index in [1.165, 1.54) is 41.2 Å². The van der Waals surface area contributed by atoms with Crippen molar-refractivity contribution >= 4 is 11.6 Å². The molecule has 2 aromatic heterocycles. The summed E-state index contributed by atoms with van der Waals surface area (Å²) in [4.78, 5) is 12.7. The van der Waals surface area contributed by atoms with Crippen LogP contribution in [0.4, 0.5) is 23.2 Å². The number of alkyl halides is 3. The highest BCUT2D eigenvalue weighted by Gasteiger charge is 2.30. The number of amides is 1. The summed E-state index contributed by atoms with van der Waals surface area (Å²) in [5.41, 5.74) is 1.99. The lowest BCUT2D eigenvalue weighted by atomic mass is 10.2. The Labute approximate surface area is 197 Å². The normalized spacial score (nSPS) is 11.5. The first kappa shape index (κ1) is 24.0. The third kappa shape index (κ3) is 5.68. The van der Waals surface area contributed by atoms with Gasteiger partial charge in [-0.15, -0.1) is 0 Å². The van der Waals surface area contributed by atoms with Crippen LogP contribution in [0.3, 0.4) is 0 Å². The van der Waals surface area contributed by atoms with Crippen LogP contribution in [0, 0.1) is 19.7 Å². The van der Waals surface area contributed by atoms with Crippen molar-refractivity contribution in [3.05, 3.63) is 94.8 Å². The zero-order valence-electron chi connectivity index (χ0n) is 18.8. The number of hydrogen-bond donors (Lipinski definition) is 1. The number of nitrogens with one attached hydrogen (secondary N) is 1. The number of ether oxygens (including phenoxy) is 1. The van der Waals surface area contributed by atoms with Gasteiger partial charge >= 0.3 is 6.18 Å². The number of halogens is 4. The molecule has 0 aliphatic carbocycles. The lowest BCUT2D eigenvalue weighted by Gasteiger charge is -2.10. The highest BCUT2D eigenvalue weighted by molar-refractivity contribution is 6.03. The molecule has 0 aliphatic heterocycles. The molecule has 1 amide bonds. The van der Waals surface area contributed by atoms with Crippen LogP contribution < -0.4 is 10.1 Å². The smallest absolute Gasteiger partial charge is 0.416 e. The highest BCUT2D eigenvalue weighted by Crippen LogP contribution is 2.31. The standard InChI is InChI=1S/C24H21F4N5O2/c1-15-22(16(2)33(30-15)13-17-6-8-19(25)9-7-17)29-23(34)21-10-11-32(31-21)14-35-20-5-3-4-18(12-20)24(26,27)28/h3-12H,13-14H2,1-2H3,(H,29,34). The lowest BCUT2D eigenvalue weighted by molar-refractivity contribution is -0.137. The van der Waals surface area contributed by atoms with E-state index in [0.717, 1.165) is 17.7 Å². The first-order valence-corrected chi connectivity index (χ1v) is 10.5. The Balaban J connectivity index is 1.40. The molecule has 0 unspecified atom stereocenters. The van der Waals surface area contributed by atoms with Crippen molar-refractivity contribution in [2.45, 2.75) is 33.3 Å². The van der Waals surface area contributed by atoms with Gasteiger partial charge in [-0.2, -0.15) is 23.4 Å². The number of anilines is 1. The molecule has 4 rings (SSSR count). The fourth-order valence-electron chi connectivity index (χ4n) is 3.43. The maximum Gasteiger partial charge on any atom is 0.416 e. The monoisotopic (exact) mass is 487 g/mol. The van der Waals surface area contributed by atoms with Crippen LogP contribution in [-0.4, -0.2) is 25.5 Å². The van der Waals surface area contributed by atoms with Gasteiger partial charge in [0.15, 0.2) is 12.4 Å². The number of nitrogens with zero attached hydrogens (tertiary/aromatic N) is 4. The van der Waals surface area contributed by atoms with E-state index in [9.17, 15) is 22.4 Å². The number of hydrogen-bond acceptors (Lipinski definition) is 4. The molecule has 2 aromatic carbocycles. The van der Waals surface area contributed by atoms with Gasteiger partial charge in [0.25, 0.3) is 5.91 Å². The summed E-state index contributed by atoms with van der Waals surface area (Å²) in [6.07, 6.45) is -2.99. The van der Waals surface area contributed by atoms with Gasteiger partial charge in [-0.3, -0.25) is 9.48 Å². The van der Waals surface area contributed by atoms with Crippen LogP contribution >= 0.6 is 0 Å². The van der Waals surface area contributed by atoms with Crippen molar-refractivity contribution in [2.24, 2.45) is 0 Å². The third-order valence-electron chi connectivity index (χ3n) is 5.26. The summed E-state index contributed by atoms with van der Waals surface area (Å²) in [5.74, 6) is -0.772. The molecule has 0 aliphatic rings. The quantitative estimate of drug-likeness (QED) is 0.364. The molecule has 0 bridgehead atoms. The molecule has 0 saturated carbocycles. The number of rotatable bonds is 7. The van der Waals surface area contributed by atoms with E-state index >= 15 is 0 Å². The Morgan fingerprint density at radius 2 is 1.80 bits per heavy atom. The molecule has 0 saturated heterocycles. The highest BCUT2D eigenvalue weighted by atomic mass is 19.4. The minimum atomic E-state index is -4.47. The number of aryl methyl sites for hydroxylation is 1. The lowest BCUT2D eigenvalue weighted by Crippen LogP contribution is -2.15. The van der Waals surface area contributed by atoms with Gasteiger partial charge < -0.3 is 10.1 Å². The predicted octanol–water partition coefficient (Wildman–Crippen LogP) is 5.19. The maximum absolute atomic E-state index is 13.1. The van der Waals surface area contributed by atoms with Crippen molar-refractivity contribution < 1.29 is 27.1 Å². The SMILES string of the molecule is Cc1nn(Cc2ccc(F)cc2)c(C)c1NC(=O)c1ccn(COc2cccc(C(F)(F)F)c2)n1. The molecular weight excluding hydrogens is 466 g/mol. The minimum Gasteiger partial charge on any atom is -0.471 e. The second kappa shape index (κ2) is 9.61. The molecule has 7 nitrogen and oxygen atoms in total. The van der Waals surface area contributed by atoms with Crippen molar-refractivity contribution in [3.63, 3.8) is 0 Å². The Hall–Kier alpha value is -4.15. The van der Waals surface area contributed by atoms with Crippen LogP contribution in [0.15, 0.2) is 60.8 Å². The van der Waals surface area contributed by atoms with Gasteiger partial charge in [0.1, 0.15) is 11.6 Å². The number of carbonyl (C=O) groups excluding carboxylic acids is 1. The van der Waals surface area contributed by atoms with E-state index in [4.69, 9.17) is 4.74 Å².